The van der Waals surface area contributed by atoms with Gasteiger partial charge in [-0.15, -0.1) is 0 Å². The molecule has 0 N–H and O–H groups in total. The molecule has 1 atom stereocenters. The summed E-state index contributed by atoms with van der Waals surface area (Å²) in [5.74, 6) is 0.0716. The average Bonchev–Trinajstić information content (AvgIpc) is 3.36. The highest BCUT2D eigenvalue weighted by Crippen LogP contribution is 2.32. The number of aromatic nitrogens is 2. The number of hydrogen-bond acceptors (Lipinski definition) is 3. The van der Waals surface area contributed by atoms with E-state index in [0.29, 0.717) is 35.4 Å². The van der Waals surface area contributed by atoms with Gasteiger partial charge in [0.25, 0.3) is 5.56 Å². The highest BCUT2D eigenvalue weighted by Gasteiger charge is 2.33. The molecule has 1 aliphatic carbocycles. The monoisotopic (exact) mass is 469 g/mol. The van der Waals surface area contributed by atoms with Crippen molar-refractivity contribution in [1.29, 1.82) is 0 Å². The molecule has 1 amide bonds. The van der Waals surface area contributed by atoms with Crippen molar-refractivity contribution < 1.29 is 9.18 Å². The smallest absolute Gasteiger partial charge is 0.266 e. The summed E-state index contributed by atoms with van der Waals surface area (Å²) in [6.07, 6.45) is 5.34. The van der Waals surface area contributed by atoms with Gasteiger partial charge in [0.2, 0.25) is 5.91 Å². The lowest BCUT2D eigenvalue weighted by Crippen LogP contribution is -2.41. The molecule has 1 aliphatic rings. The van der Waals surface area contributed by atoms with E-state index in [-0.39, 0.29) is 28.4 Å². The number of amides is 1. The second kappa shape index (κ2) is 10.0. The van der Waals surface area contributed by atoms with Crippen molar-refractivity contribution in [3.63, 3.8) is 0 Å². The standard InChI is InChI=1S/C26H29ClFN3O2/c1-3-15-30(25(32)17-9-5-6-10-17)23(4-2)24-29-22-12-8-7-11-19(22)26(33)31(24)18-13-14-21(28)20(27)16-18/h7-8,11-14,16-17,23H,3-6,9-10,15H2,1-2H3/t23-/m1/s1. The van der Waals surface area contributed by atoms with E-state index in [4.69, 9.17) is 16.6 Å². The molecular weight excluding hydrogens is 441 g/mol. The van der Waals surface area contributed by atoms with Gasteiger partial charge >= 0.3 is 0 Å². The van der Waals surface area contributed by atoms with Crippen LogP contribution in [0.5, 0.6) is 0 Å². The number of carbonyl (C=O) groups excluding carboxylic acids is 1. The Morgan fingerprint density at radius 1 is 1.21 bits per heavy atom. The summed E-state index contributed by atoms with van der Waals surface area (Å²) in [7, 11) is 0. The average molecular weight is 470 g/mol. The number of halogens is 2. The minimum absolute atomic E-state index is 0.0199. The van der Waals surface area contributed by atoms with Crippen LogP contribution in [-0.4, -0.2) is 26.9 Å². The predicted molar refractivity (Wildman–Crippen MR) is 129 cm³/mol. The van der Waals surface area contributed by atoms with Crippen LogP contribution in [-0.2, 0) is 4.79 Å². The van der Waals surface area contributed by atoms with Crippen LogP contribution < -0.4 is 5.56 Å². The zero-order valence-corrected chi connectivity index (χ0v) is 19.8. The Balaban J connectivity index is 1.93. The van der Waals surface area contributed by atoms with Crippen LogP contribution in [0.15, 0.2) is 47.3 Å². The van der Waals surface area contributed by atoms with Crippen molar-refractivity contribution in [1.82, 2.24) is 14.5 Å². The summed E-state index contributed by atoms with van der Waals surface area (Å²) in [6, 6.07) is 11.0. The van der Waals surface area contributed by atoms with E-state index in [1.807, 2.05) is 24.8 Å². The molecule has 5 nitrogen and oxygen atoms in total. The minimum atomic E-state index is -0.556. The zero-order chi connectivity index (χ0) is 23.5. The summed E-state index contributed by atoms with van der Waals surface area (Å²) >= 11 is 6.07. The fraction of sp³-hybridized carbons (Fsp3) is 0.423. The molecule has 0 unspecified atom stereocenters. The van der Waals surface area contributed by atoms with E-state index < -0.39 is 5.82 Å². The molecule has 33 heavy (non-hydrogen) atoms. The summed E-state index contributed by atoms with van der Waals surface area (Å²) in [6.45, 7) is 4.63. The molecule has 3 aromatic rings. The first-order chi connectivity index (χ1) is 16.0. The lowest BCUT2D eigenvalue weighted by Gasteiger charge is -2.34. The summed E-state index contributed by atoms with van der Waals surface area (Å²) in [4.78, 5) is 34.0. The maximum Gasteiger partial charge on any atom is 0.266 e. The molecule has 0 radical (unpaired) electrons. The maximum atomic E-state index is 13.9. The quantitative estimate of drug-likeness (QED) is 0.422. The van der Waals surface area contributed by atoms with Gasteiger partial charge in [-0.25, -0.2) is 9.37 Å². The van der Waals surface area contributed by atoms with Gasteiger partial charge in [0.15, 0.2) is 0 Å². The van der Waals surface area contributed by atoms with Gasteiger partial charge in [-0.2, -0.15) is 0 Å². The third-order valence-corrected chi connectivity index (χ3v) is 6.77. The van der Waals surface area contributed by atoms with Crippen LogP contribution in [0.2, 0.25) is 5.02 Å². The molecule has 174 valence electrons. The van der Waals surface area contributed by atoms with Crippen LogP contribution in [0, 0.1) is 11.7 Å². The van der Waals surface area contributed by atoms with E-state index in [2.05, 4.69) is 0 Å². The third kappa shape index (κ3) is 4.54. The number of hydrogen-bond donors (Lipinski definition) is 0. The molecule has 1 heterocycles. The number of benzene rings is 2. The number of para-hydroxylation sites is 1. The zero-order valence-electron chi connectivity index (χ0n) is 19.1. The molecule has 1 fully saturated rings. The molecule has 1 saturated carbocycles. The first-order valence-corrected chi connectivity index (χ1v) is 12.1. The lowest BCUT2D eigenvalue weighted by atomic mass is 10.0. The topological polar surface area (TPSA) is 55.2 Å². The molecule has 7 heteroatoms. The van der Waals surface area contributed by atoms with E-state index in [9.17, 15) is 14.0 Å². The fourth-order valence-electron chi connectivity index (χ4n) is 4.86. The van der Waals surface area contributed by atoms with E-state index in [1.165, 1.54) is 22.8 Å². The highest BCUT2D eigenvalue weighted by atomic mass is 35.5. The van der Waals surface area contributed by atoms with Gasteiger partial charge in [-0.1, -0.05) is 50.4 Å². The van der Waals surface area contributed by atoms with Crippen LogP contribution >= 0.6 is 11.6 Å². The van der Waals surface area contributed by atoms with Gasteiger partial charge in [0.05, 0.1) is 27.7 Å². The van der Waals surface area contributed by atoms with Crippen molar-refractivity contribution >= 4 is 28.4 Å². The number of carbonyl (C=O) groups is 1. The third-order valence-electron chi connectivity index (χ3n) is 6.48. The largest absolute Gasteiger partial charge is 0.332 e. The second-order valence-corrected chi connectivity index (χ2v) is 9.07. The Morgan fingerprint density at radius 3 is 2.61 bits per heavy atom. The predicted octanol–water partition coefficient (Wildman–Crippen LogP) is 6.06. The molecule has 0 spiro atoms. The Kier molecular flexibility index (Phi) is 7.13. The van der Waals surface area contributed by atoms with Crippen LogP contribution in [0.3, 0.4) is 0 Å². The van der Waals surface area contributed by atoms with Gasteiger partial charge in [-0.05, 0) is 56.0 Å². The first kappa shape index (κ1) is 23.4. The van der Waals surface area contributed by atoms with Crippen LogP contribution in [0.4, 0.5) is 4.39 Å². The number of fused-ring (bicyclic) bond motifs is 1. The fourth-order valence-corrected chi connectivity index (χ4v) is 5.03. The van der Waals surface area contributed by atoms with Gasteiger partial charge in [-0.3, -0.25) is 14.2 Å². The Hall–Kier alpha value is -2.73. The van der Waals surface area contributed by atoms with Crippen molar-refractivity contribution in [3.8, 4) is 5.69 Å². The van der Waals surface area contributed by atoms with Crippen molar-refractivity contribution in [3.05, 3.63) is 69.5 Å². The molecule has 4 rings (SSSR count). The Labute approximate surface area is 198 Å². The van der Waals surface area contributed by atoms with Crippen molar-refractivity contribution in [2.24, 2.45) is 5.92 Å². The Bertz CT molecular complexity index is 1220. The SMILES string of the molecule is CCCN(C(=O)C1CCCC1)[C@H](CC)c1nc2ccccc2c(=O)n1-c1ccc(F)c(Cl)c1. The molecule has 0 bridgehead atoms. The summed E-state index contributed by atoms with van der Waals surface area (Å²) in [5, 5.41) is 0.389. The normalized spacial score (nSPS) is 15.2. The highest BCUT2D eigenvalue weighted by molar-refractivity contribution is 6.30. The van der Waals surface area contributed by atoms with E-state index >= 15 is 0 Å². The molecule has 0 aliphatic heterocycles. The molecular formula is C26H29ClFN3O2. The van der Waals surface area contributed by atoms with Gasteiger partial charge in [0.1, 0.15) is 11.6 Å². The minimum Gasteiger partial charge on any atom is -0.332 e. The van der Waals surface area contributed by atoms with Crippen molar-refractivity contribution in [2.75, 3.05) is 6.54 Å². The first-order valence-electron chi connectivity index (χ1n) is 11.7. The number of rotatable bonds is 7. The summed E-state index contributed by atoms with van der Waals surface area (Å²) < 4.78 is 15.4. The second-order valence-electron chi connectivity index (χ2n) is 8.66. The van der Waals surface area contributed by atoms with E-state index in [1.54, 1.807) is 18.2 Å². The van der Waals surface area contributed by atoms with Crippen LogP contribution in [0.1, 0.15) is 64.2 Å². The lowest BCUT2D eigenvalue weighted by molar-refractivity contribution is -0.138. The van der Waals surface area contributed by atoms with Crippen molar-refractivity contribution in [2.45, 2.75) is 58.4 Å². The van der Waals surface area contributed by atoms with E-state index in [0.717, 1.165) is 32.1 Å². The van der Waals surface area contributed by atoms with Gasteiger partial charge in [0, 0.05) is 12.5 Å². The Morgan fingerprint density at radius 2 is 1.94 bits per heavy atom. The number of nitrogens with zero attached hydrogens (tertiary/aromatic N) is 3. The van der Waals surface area contributed by atoms with Crippen LogP contribution in [0.25, 0.3) is 16.6 Å². The maximum absolute atomic E-state index is 13.9. The van der Waals surface area contributed by atoms with Gasteiger partial charge < -0.3 is 4.90 Å². The molecule has 2 aromatic carbocycles. The molecule has 0 saturated heterocycles. The molecule has 1 aromatic heterocycles. The summed E-state index contributed by atoms with van der Waals surface area (Å²) in [5.41, 5.74) is 0.745.